The maximum absolute atomic E-state index is 13.0. The van der Waals surface area contributed by atoms with Gasteiger partial charge in [-0.3, -0.25) is 9.78 Å². The van der Waals surface area contributed by atoms with E-state index in [1.807, 2.05) is 55.1 Å². The van der Waals surface area contributed by atoms with Crippen LogP contribution in [0.5, 0.6) is 0 Å². The summed E-state index contributed by atoms with van der Waals surface area (Å²) < 4.78 is 1.03. The average Bonchev–Trinajstić information content (AvgIpc) is 2.90. The van der Waals surface area contributed by atoms with Crippen molar-refractivity contribution in [2.45, 2.75) is 26.4 Å². The first-order valence-electron chi connectivity index (χ1n) is 7.45. The molecule has 0 spiro atoms. The minimum atomic E-state index is -0.0324. The molecule has 1 amide bonds. The van der Waals surface area contributed by atoms with Gasteiger partial charge < -0.3 is 4.90 Å². The van der Waals surface area contributed by atoms with Gasteiger partial charge in [0.25, 0.3) is 5.91 Å². The molecular formula is C18H17ClN2OS. The van der Waals surface area contributed by atoms with Crippen molar-refractivity contribution in [3.63, 3.8) is 0 Å². The summed E-state index contributed by atoms with van der Waals surface area (Å²) in [5.74, 6) is -0.0324. The molecule has 3 aromatic rings. The highest BCUT2D eigenvalue weighted by Crippen LogP contribution is 2.36. The van der Waals surface area contributed by atoms with Gasteiger partial charge in [-0.25, -0.2) is 0 Å². The number of halogens is 1. The summed E-state index contributed by atoms with van der Waals surface area (Å²) in [7, 11) is 0. The van der Waals surface area contributed by atoms with Crippen molar-refractivity contribution < 1.29 is 4.79 Å². The first-order valence-corrected chi connectivity index (χ1v) is 8.64. The summed E-state index contributed by atoms with van der Waals surface area (Å²) in [6.45, 7) is 4.54. The van der Waals surface area contributed by atoms with Crippen molar-refractivity contribution in [3.05, 3.63) is 64.3 Å². The predicted octanol–water partition coefficient (Wildman–Crippen LogP) is 5.00. The van der Waals surface area contributed by atoms with Gasteiger partial charge in [0.15, 0.2) is 0 Å². The summed E-state index contributed by atoms with van der Waals surface area (Å²) in [5, 5.41) is 1.49. The lowest BCUT2D eigenvalue weighted by molar-refractivity contribution is 0.0695. The molecule has 0 aliphatic rings. The first kappa shape index (κ1) is 16.0. The second kappa shape index (κ2) is 6.69. The molecule has 3 nitrogen and oxygen atoms in total. The normalized spacial score (nSPS) is 11.1. The molecule has 0 saturated carbocycles. The molecule has 0 unspecified atom stereocenters. The van der Waals surface area contributed by atoms with Gasteiger partial charge in [0.1, 0.15) is 4.88 Å². The molecule has 0 fully saturated rings. The van der Waals surface area contributed by atoms with Crippen LogP contribution in [-0.2, 0) is 6.54 Å². The number of hydrogen-bond acceptors (Lipinski definition) is 3. The van der Waals surface area contributed by atoms with E-state index in [-0.39, 0.29) is 11.9 Å². The molecule has 118 valence electrons. The van der Waals surface area contributed by atoms with E-state index in [0.29, 0.717) is 16.4 Å². The molecule has 1 aromatic carbocycles. The van der Waals surface area contributed by atoms with Crippen molar-refractivity contribution in [3.8, 4) is 0 Å². The second-order valence-electron chi connectivity index (χ2n) is 5.63. The van der Waals surface area contributed by atoms with Gasteiger partial charge in [-0.15, -0.1) is 11.3 Å². The molecule has 0 N–H and O–H groups in total. The van der Waals surface area contributed by atoms with Crippen LogP contribution in [0.2, 0.25) is 5.02 Å². The Morgan fingerprint density at radius 2 is 2.04 bits per heavy atom. The lowest BCUT2D eigenvalue weighted by Crippen LogP contribution is -2.36. The van der Waals surface area contributed by atoms with Gasteiger partial charge in [-0.2, -0.15) is 0 Å². The molecule has 0 atom stereocenters. The third-order valence-corrected chi connectivity index (χ3v) is 5.35. The highest BCUT2D eigenvalue weighted by molar-refractivity contribution is 7.21. The fourth-order valence-electron chi connectivity index (χ4n) is 2.46. The molecule has 2 aromatic heterocycles. The van der Waals surface area contributed by atoms with Gasteiger partial charge in [0, 0.05) is 35.1 Å². The molecule has 0 bridgehead atoms. The Hall–Kier alpha value is -1.91. The number of benzene rings is 1. The average molecular weight is 345 g/mol. The Labute approximate surface area is 144 Å². The number of nitrogens with zero attached hydrogens (tertiary/aromatic N) is 2. The standard InChI is InChI=1S/C18H17ClN2OS/c1-12(2)21(11-13-6-5-9-20-10-13)18(22)17-16(19)14-7-3-4-8-15(14)23-17/h3-10,12H,11H2,1-2H3. The fraction of sp³-hybridized carbons (Fsp3) is 0.222. The summed E-state index contributed by atoms with van der Waals surface area (Å²) >= 11 is 7.90. The minimum absolute atomic E-state index is 0.0324. The number of thiophene rings is 1. The Balaban J connectivity index is 1.95. The van der Waals surface area contributed by atoms with Crippen LogP contribution in [0.1, 0.15) is 29.1 Å². The van der Waals surface area contributed by atoms with Gasteiger partial charge >= 0.3 is 0 Å². The quantitative estimate of drug-likeness (QED) is 0.667. The Morgan fingerprint density at radius 3 is 2.70 bits per heavy atom. The maximum Gasteiger partial charge on any atom is 0.266 e. The number of carbonyl (C=O) groups excluding carboxylic acids is 1. The van der Waals surface area contributed by atoms with E-state index in [0.717, 1.165) is 15.6 Å². The van der Waals surface area contributed by atoms with E-state index < -0.39 is 0 Å². The maximum atomic E-state index is 13.0. The number of fused-ring (bicyclic) bond motifs is 1. The van der Waals surface area contributed by atoms with Crippen LogP contribution in [0, 0.1) is 0 Å². The zero-order chi connectivity index (χ0) is 16.4. The van der Waals surface area contributed by atoms with Gasteiger partial charge in [-0.05, 0) is 31.5 Å². The Kier molecular flexibility index (Phi) is 4.64. The van der Waals surface area contributed by atoms with Crippen LogP contribution >= 0.6 is 22.9 Å². The lowest BCUT2D eigenvalue weighted by Gasteiger charge is -2.26. The third-order valence-electron chi connectivity index (χ3n) is 3.69. The molecule has 23 heavy (non-hydrogen) atoms. The van der Waals surface area contributed by atoms with Gasteiger partial charge in [0.05, 0.1) is 5.02 Å². The van der Waals surface area contributed by atoms with Gasteiger partial charge in [0.2, 0.25) is 0 Å². The van der Waals surface area contributed by atoms with E-state index in [9.17, 15) is 4.79 Å². The SMILES string of the molecule is CC(C)N(Cc1cccnc1)C(=O)c1sc2ccccc2c1Cl. The largest absolute Gasteiger partial charge is 0.331 e. The Bertz CT molecular complexity index is 829. The van der Waals surface area contributed by atoms with Crippen LogP contribution in [-0.4, -0.2) is 21.8 Å². The van der Waals surface area contributed by atoms with Crippen LogP contribution in [0.4, 0.5) is 0 Å². The van der Waals surface area contributed by atoms with Crippen molar-refractivity contribution >= 4 is 38.9 Å². The molecular weight excluding hydrogens is 328 g/mol. The molecule has 3 rings (SSSR count). The lowest BCUT2D eigenvalue weighted by atomic mass is 10.2. The molecule has 0 aliphatic heterocycles. The van der Waals surface area contributed by atoms with Crippen molar-refractivity contribution in [1.29, 1.82) is 0 Å². The monoisotopic (exact) mass is 344 g/mol. The molecule has 0 radical (unpaired) electrons. The molecule has 2 heterocycles. The number of hydrogen-bond donors (Lipinski definition) is 0. The van der Waals surface area contributed by atoms with Crippen molar-refractivity contribution in [2.75, 3.05) is 0 Å². The van der Waals surface area contributed by atoms with E-state index in [1.165, 1.54) is 11.3 Å². The summed E-state index contributed by atoms with van der Waals surface area (Å²) in [5.41, 5.74) is 1.01. The number of amides is 1. The van der Waals surface area contributed by atoms with E-state index in [4.69, 9.17) is 11.6 Å². The smallest absolute Gasteiger partial charge is 0.266 e. The van der Waals surface area contributed by atoms with Crippen molar-refractivity contribution in [1.82, 2.24) is 9.88 Å². The third kappa shape index (κ3) is 3.23. The highest BCUT2D eigenvalue weighted by atomic mass is 35.5. The first-order chi connectivity index (χ1) is 11.1. The van der Waals surface area contributed by atoms with E-state index >= 15 is 0 Å². The van der Waals surface area contributed by atoms with Crippen LogP contribution in [0.3, 0.4) is 0 Å². The van der Waals surface area contributed by atoms with E-state index in [2.05, 4.69) is 4.98 Å². The number of carbonyl (C=O) groups is 1. The highest BCUT2D eigenvalue weighted by Gasteiger charge is 2.24. The zero-order valence-electron chi connectivity index (χ0n) is 13.0. The van der Waals surface area contributed by atoms with Crippen molar-refractivity contribution in [2.24, 2.45) is 0 Å². The van der Waals surface area contributed by atoms with Crippen LogP contribution in [0.15, 0.2) is 48.8 Å². The fourth-order valence-corrected chi connectivity index (χ4v) is 3.93. The minimum Gasteiger partial charge on any atom is -0.331 e. The topological polar surface area (TPSA) is 33.2 Å². The molecule has 0 saturated heterocycles. The number of pyridine rings is 1. The number of aromatic nitrogens is 1. The predicted molar refractivity (Wildman–Crippen MR) is 96.1 cm³/mol. The zero-order valence-corrected chi connectivity index (χ0v) is 14.6. The number of rotatable bonds is 4. The summed E-state index contributed by atoms with van der Waals surface area (Å²) in [4.78, 5) is 19.6. The molecule has 0 aliphatic carbocycles. The van der Waals surface area contributed by atoms with Gasteiger partial charge in [-0.1, -0.05) is 35.9 Å². The summed E-state index contributed by atoms with van der Waals surface area (Å²) in [6.07, 6.45) is 3.52. The summed E-state index contributed by atoms with van der Waals surface area (Å²) in [6, 6.07) is 11.8. The Morgan fingerprint density at radius 1 is 1.26 bits per heavy atom. The molecule has 5 heteroatoms. The van der Waals surface area contributed by atoms with Crippen LogP contribution < -0.4 is 0 Å². The van der Waals surface area contributed by atoms with E-state index in [1.54, 1.807) is 12.4 Å². The van der Waals surface area contributed by atoms with Crippen LogP contribution in [0.25, 0.3) is 10.1 Å². The second-order valence-corrected chi connectivity index (χ2v) is 7.06.